The number of aliphatic hydroxyl groups is 7. The molecule has 0 aromatic heterocycles. The van der Waals surface area contributed by atoms with Gasteiger partial charge in [-0.1, -0.05) is 46.3 Å². The maximum absolute atomic E-state index is 12.2. The van der Waals surface area contributed by atoms with E-state index in [2.05, 4.69) is 40.7 Å². The second kappa shape index (κ2) is 12.1. The van der Waals surface area contributed by atoms with E-state index in [1.165, 1.54) is 5.57 Å². The van der Waals surface area contributed by atoms with E-state index in [9.17, 15) is 35.7 Å². The maximum atomic E-state index is 12.2. The first-order valence-corrected chi connectivity index (χ1v) is 17.4. The van der Waals surface area contributed by atoms with Gasteiger partial charge in [-0.3, -0.25) is 0 Å². The topological polar surface area (TPSA) is 160 Å². The molecular weight excluding hydrogens is 576 g/mol. The van der Waals surface area contributed by atoms with Crippen molar-refractivity contribution in [2.45, 2.75) is 161 Å². The molecule has 5 aliphatic rings. The fourth-order valence-corrected chi connectivity index (χ4v) is 12.0. The molecule has 45 heavy (non-hydrogen) atoms. The molecule has 0 amide bonds. The van der Waals surface area contributed by atoms with Gasteiger partial charge in [-0.05, 0) is 117 Å². The lowest BCUT2D eigenvalue weighted by atomic mass is 9.34. The van der Waals surface area contributed by atoms with Crippen LogP contribution in [0, 0.1) is 45.3 Å². The highest BCUT2D eigenvalue weighted by Crippen LogP contribution is 2.76. The van der Waals surface area contributed by atoms with E-state index in [1.54, 1.807) is 0 Å². The number of rotatable bonds is 7. The van der Waals surface area contributed by atoms with E-state index >= 15 is 0 Å². The normalized spacial score (nSPS) is 52.2. The largest absolute Gasteiger partial charge is 0.394 e. The van der Waals surface area contributed by atoms with Crippen LogP contribution in [-0.4, -0.2) is 97.0 Å². The molecule has 0 spiro atoms. The molecule has 1 aliphatic heterocycles. The van der Waals surface area contributed by atoms with E-state index in [0.29, 0.717) is 32.1 Å². The summed E-state index contributed by atoms with van der Waals surface area (Å²) in [6.45, 7) is 16.7. The summed E-state index contributed by atoms with van der Waals surface area (Å²) >= 11 is 0. The number of hydrogen-bond acceptors (Lipinski definition) is 9. The molecule has 16 atom stereocenters. The van der Waals surface area contributed by atoms with Crippen LogP contribution in [0.15, 0.2) is 11.6 Å². The fourth-order valence-electron chi connectivity index (χ4n) is 12.0. The van der Waals surface area contributed by atoms with Gasteiger partial charge < -0.3 is 45.2 Å². The summed E-state index contributed by atoms with van der Waals surface area (Å²) < 4.78 is 12.6. The lowest BCUT2D eigenvalue weighted by Gasteiger charge is -2.71. The van der Waals surface area contributed by atoms with E-state index in [0.717, 1.165) is 19.3 Å². The average molecular weight is 639 g/mol. The summed E-state index contributed by atoms with van der Waals surface area (Å²) in [7, 11) is 0. The second-order valence-electron chi connectivity index (χ2n) is 17.4. The van der Waals surface area contributed by atoms with Gasteiger partial charge in [0.25, 0.3) is 0 Å². The van der Waals surface area contributed by atoms with Crippen molar-refractivity contribution in [3.8, 4) is 0 Å². The Morgan fingerprint density at radius 3 is 2.18 bits per heavy atom. The molecule has 4 saturated carbocycles. The minimum Gasteiger partial charge on any atom is -0.394 e. The van der Waals surface area contributed by atoms with Gasteiger partial charge in [0, 0.05) is 0 Å². The molecule has 0 bridgehead atoms. The summed E-state index contributed by atoms with van der Waals surface area (Å²) in [6, 6.07) is 0. The number of aliphatic hydroxyl groups excluding tert-OH is 7. The Balaban J connectivity index is 1.51. The monoisotopic (exact) mass is 638 g/mol. The fraction of sp³-hybridized carbons (Fsp3) is 0.944. The third-order valence-electron chi connectivity index (χ3n) is 14.5. The molecule has 1 saturated heterocycles. The molecule has 9 heteroatoms. The van der Waals surface area contributed by atoms with Crippen molar-refractivity contribution < 1.29 is 45.2 Å². The third-order valence-corrected chi connectivity index (χ3v) is 14.5. The number of fused-ring (bicyclic) bond motifs is 5. The Kier molecular flexibility index (Phi) is 9.56. The van der Waals surface area contributed by atoms with Crippen molar-refractivity contribution in [3.63, 3.8) is 0 Å². The van der Waals surface area contributed by atoms with Crippen LogP contribution >= 0.6 is 0 Å². The molecule has 260 valence electrons. The Hall–Kier alpha value is -0.620. The Bertz CT molecular complexity index is 1110. The number of hydrogen-bond donors (Lipinski definition) is 7. The van der Waals surface area contributed by atoms with Gasteiger partial charge >= 0.3 is 0 Å². The van der Waals surface area contributed by atoms with Gasteiger partial charge in [0.2, 0.25) is 0 Å². The van der Waals surface area contributed by atoms with E-state index in [-0.39, 0.29) is 39.9 Å². The summed E-state index contributed by atoms with van der Waals surface area (Å²) in [4.78, 5) is 0. The van der Waals surface area contributed by atoms with Crippen LogP contribution in [0.4, 0.5) is 0 Å². The number of allylic oxidation sites excluding steroid dienone is 2. The predicted molar refractivity (Wildman–Crippen MR) is 170 cm³/mol. The SMILES string of the molecule is CC(C)=CCC[C@](C)(OC1OC(CO)C(O)C(O)C1O)C1CC[C@]2(C)[C@H]1C(O)C[C@H]1[C@@]3(C)CCC(O)C(C)(C)[C@H]3C(O)C[C@]12C. The number of ether oxygens (including phenoxy) is 2. The van der Waals surface area contributed by atoms with Crippen LogP contribution in [0.5, 0.6) is 0 Å². The van der Waals surface area contributed by atoms with Gasteiger partial charge in [-0.2, -0.15) is 0 Å². The van der Waals surface area contributed by atoms with E-state index in [1.807, 2.05) is 20.8 Å². The Morgan fingerprint density at radius 2 is 1.56 bits per heavy atom. The molecular formula is C36H62O9. The lowest BCUT2D eigenvalue weighted by Crippen LogP contribution is -2.70. The highest BCUT2D eigenvalue weighted by atomic mass is 16.7. The smallest absolute Gasteiger partial charge is 0.187 e. The molecule has 5 fully saturated rings. The van der Waals surface area contributed by atoms with Gasteiger partial charge in [0.05, 0.1) is 30.5 Å². The molecule has 9 nitrogen and oxygen atoms in total. The summed E-state index contributed by atoms with van der Waals surface area (Å²) in [5.74, 6) is -0.154. The van der Waals surface area contributed by atoms with Crippen molar-refractivity contribution in [1.82, 2.24) is 0 Å². The predicted octanol–water partition coefficient (Wildman–Crippen LogP) is 3.30. The summed E-state index contributed by atoms with van der Waals surface area (Å²) in [6.07, 6.45) is -0.678. The molecule has 1 heterocycles. The van der Waals surface area contributed by atoms with Crippen molar-refractivity contribution in [2.75, 3.05) is 6.61 Å². The van der Waals surface area contributed by atoms with Crippen molar-refractivity contribution >= 4 is 0 Å². The zero-order chi connectivity index (χ0) is 33.5. The first-order valence-electron chi connectivity index (χ1n) is 17.4. The molecule has 0 radical (unpaired) electrons. The second-order valence-corrected chi connectivity index (χ2v) is 17.4. The van der Waals surface area contributed by atoms with E-state index in [4.69, 9.17) is 9.47 Å². The Morgan fingerprint density at radius 1 is 0.889 bits per heavy atom. The molecule has 9 unspecified atom stereocenters. The zero-order valence-electron chi connectivity index (χ0n) is 28.8. The third kappa shape index (κ3) is 5.39. The quantitative estimate of drug-likeness (QED) is 0.208. The molecule has 0 aromatic rings. The van der Waals surface area contributed by atoms with E-state index < -0.39 is 66.6 Å². The molecule has 4 aliphatic carbocycles. The minimum absolute atomic E-state index is 0.0692. The standard InChI is InChI=1S/C36H62O9/c1-19(2)10-9-13-36(8,45-31-29(43)28(42)27(41)23(18-37)44-31)20-11-15-34(6)26(20)21(38)16-24-33(5)14-12-25(40)32(3,4)30(33)22(39)17-35(24,34)7/h10,20-31,37-43H,9,11-18H2,1-8H3/t20?,21?,22?,23?,24-,25?,26+,27?,28?,29?,30+,31?,33+,34+,35+,36-/m0/s1. The molecule has 5 rings (SSSR count). The van der Waals surface area contributed by atoms with Gasteiger partial charge in [-0.15, -0.1) is 0 Å². The van der Waals surface area contributed by atoms with Crippen LogP contribution in [-0.2, 0) is 9.47 Å². The zero-order valence-corrected chi connectivity index (χ0v) is 28.8. The van der Waals surface area contributed by atoms with Gasteiger partial charge in [0.15, 0.2) is 6.29 Å². The van der Waals surface area contributed by atoms with Crippen LogP contribution in [0.3, 0.4) is 0 Å². The first kappa shape index (κ1) is 35.7. The summed E-state index contributed by atoms with van der Waals surface area (Å²) in [5, 5.41) is 76.9. The highest BCUT2D eigenvalue weighted by Gasteiger charge is 2.73. The highest BCUT2D eigenvalue weighted by molar-refractivity contribution is 5.21. The van der Waals surface area contributed by atoms with Crippen molar-refractivity contribution in [1.29, 1.82) is 0 Å². The molecule has 7 N–H and O–H groups in total. The average Bonchev–Trinajstić information content (AvgIpc) is 3.33. The summed E-state index contributed by atoms with van der Waals surface area (Å²) in [5.41, 5.74) is -0.944. The van der Waals surface area contributed by atoms with Gasteiger partial charge in [0.1, 0.15) is 24.4 Å². The Labute approximate surface area is 270 Å². The van der Waals surface area contributed by atoms with Crippen LogP contribution < -0.4 is 0 Å². The lowest BCUT2D eigenvalue weighted by molar-refractivity contribution is -0.336. The van der Waals surface area contributed by atoms with Gasteiger partial charge in [-0.25, -0.2) is 0 Å². The van der Waals surface area contributed by atoms with Crippen molar-refractivity contribution in [2.24, 2.45) is 45.3 Å². The van der Waals surface area contributed by atoms with Crippen LogP contribution in [0.2, 0.25) is 0 Å². The van der Waals surface area contributed by atoms with Crippen LogP contribution in [0.1, 0.15) is 107 Å². The maximum Gasteiger partial charge on any atom is 0.187 e. The molecule has 0 aromatic carbocycles. The minimum atomic E-state index is -1.53. The first-order chi connectivity index (χ1) is 20.8. The van der Waals surface area contributed by atoms with Crippen LogP contribution in [0.25, 0.3) is 0 Å². The van der Waals surface area contributed by atoms with Crippen molar-refractivity contribution in [3.05, 3.63) is 11.6 Å².